The molecule has 0 atom stereocenters. The van der Waals surface area contributed by atoms with Crippen LogP contribution in [0.25, 0.3) is 5.69 Å². The monoisotopic (exact) mass is 394 g/mol. The number of para-hydroxylation sites is 2. The molecule has 6 nitrogen and oxygen atoms in total. The highest BCUT2D eigenvalue weighted by atomic mass is 35.5. The molecule has 7 heteroatoms. The van der Waals surface area contributed by atoms with E-state index in [-0.39, 0.29) is 27.5 Å². The van der Waals surface area contributed by atoms with Gasteiger partial charge in [-0.2, -0.15) is 5.26 Å². The van der Waals surface area contributed by atoms with Crippen LogP contribution in [-0.2, 0) is 0 Å². The van der Waals surface area contributed by atoms with Crippen molar-refractivity contribution in [1.82, 2.24) is 4.57 Å². The smallest absolute Gasteiger partial charge is 0.273 e. The fourth-order valence-electron chi connectivity index (χ4n) is 2.74. The Morgan fingerprint density at radius 2 is 2.00 bits per heavy atom. The van der Waals surface area contributed by atoms with Gasteiger partial charge in [0.2, 0.25) is 0 Å². The molecule has 0 unspecified atom stereocenters. The Morgan fingerprint density at radius 1 is 1.25 bits per heavy atom. The number of ether oxygens (including phenoxy) is 1. The minimum atomic E-state index is -0.582. The summed E-state index contributed by atoms with van der Waals surface area (Å²) in [6.45, 7) is 2.19. The maximum atomic E-state index is 12.9. The Kier molecular flexibility index (Phi) is 5.48. The molecule has 1 aromatic heterocycles. The molecule has 0 aliphatic carbocycles. The van der Waals surface area contributed by atoms with E-state index in [1.807, 2.05) is 13.0 Å². The molecule has 0 amide bonds. The number of phenols is 1. The van der Waals surface area contributed by atoms with E-state index in [1.54, 1.807) is 24.3 Å². The van der Waals surface area contributed by atoms with Gasteiger partial charge in [-0.25, -0.2) is 0 Å². The van der Waals surface area contributed by atoms with E-state index in [0.717, 1.165) is 0 Å². The van der Waals surface area contributed by atoms with Gasteiger partial charge in [0.25, 0.3) is 5.56 Å². The first-order valence-corrected chi connectivity index (χ1v) is 8.76. The number of hydrogen-bond donors (Lipinski definition) is 1. The normalized spacial score (nSPS) is 10.3. The van der Waals surface area contributed by atoms with E-state index in [0.29, 0.717) is 18.0 Å². The van der Waals surface area contributed by atoms with Crippen molar-refractivity contribution in [2.24, 2.45) is 0 Å². The number of benzene rings is 2. The standard InChI is InChI=1S/C21H15ClN2O4/c1-2-28-19-6-4-3-5-17(19)24-12-14(9-13(11-23)21(24)27)20(26)16-10-15(22)7-8-18(16)25/h3-10,12,25H,2H2,1H3. The average molecular weight is 395 g/mol. The largest absolute Gasteiger partial charge is 0.507 e. The molecule has 0 aliphatic rings. The zero-order chi connectivity index (χ0) is 20.3. The first-order chi connectivity index (χ1) is 13.5. The number of ketones is 1. The minimum Gasteiger partial charge on any atom is -0.507 e. The van der Waals surface area contributed by atoms with Crippen LogP contribution in [0.2, 0.25) is 5.02 Å². The highest BCUT2D eigenvalue weighted by Gasteiger charge is 2.19. The third-order valence-corrected chi connectivity index (χ3v) is 4.26. The van der Waals surface area contributed by atoms with Crippen LogP contribution in [0, 0.1) is 11.3 Å². The van der Waals surface area contributed by atoms with Gasteiger partial charge in [-0.3, -0.25) is 14.2 Å². The summed E-state index contributed by atoms with van der Waals surface area (Å²) < 4.78 is 6.75. The number of pyridine rings is 1. The number of nitriles is 1. The molecule has 0 bridgehead atoms. The van der Waals surface area contributed by atoms with Crippen LogP contribution in [0.3, 0.4) is 0 Å². The number of halogens is 1. The minimum absolute atomic E-state index is 0.0281. The van der Waals surface area contributed by atoms with Gasteiger partial charge in [-0.05, 0) is 43.3 Å². The Labute approximate surface area is 165 Å². The summed E-state index contributed by atoms with van der Waals surface area (Å²) in [6.07, 6.45) is 1.32. The molecular weight excluding hydrogens is 380 g/mol. The lowest BCUT2D eigenvalue weighted by atomic mass is 10.0. The lowest BCUT2D eigenvalue weighted by molar-refractivity contribution is 0.103. The molecule has 0 saturated heterocycles. The lowest BCUT2D eigenvalue weighted by Gasteiger charge is -2.14. The summed E-state index contributed by atoms with van der Waals surface area (Å²) in [5, 5.41) is 19.7. The highest BCUT2D eigenvalue weighted by molar-refractivity contribution is 6.31. The van der Waals surface area contributed by atoms with Crippen LogP contribution >= 0.6 is 11.6 Å². The van der Waals surface area contributed by atoms with Gasteiger partial charge < -0.3 is 9.84 Å². The van der Waals surface area contributed by atoms with Crippen molar-refractivity contribution in [3.8, 4) is 23.3 Å². The second kappa shape index (κ2) is 7.99. The number of aromatic hydroxyl groups is 1. The molecule has 3 aromatic rings. The molecule has 28 heavy (non-hydrogen) atoms. The first kappa shape index (κ1) is 19.2. The number of nitrogens with zero attached hydrogens (tertiary/aromatic N) is 2. The summed E-state index contributed by atoms with van der Waals surface area (Å²) >= 11 is 5.93. The molecule has 140 valence electrons. The van der Waals surface area contributed by atoms with Crippen LogP contribution in [0.1, 0.15) is 28.4 Å². The quantitative estimate of drug-likeness (QED) is 0.666. The molecule has 0 aliphatic heterocycles. The Balaban J connectivity index is 2.23. The van der Waals surface area contributed by atoms with Crippen molar-refractivity contribution >= 4 is 17.4 Å². The van der Waals surface area contributed by atoms with Crippen molar-refractivity contribution in [3.05, 3.63) is 86.8 Å². The molecule has 1 N–H and O–H groups in total. The predicted molar refractivity (Wildman–Crippen MR) is 104 cm³/mol. The molecule has 2 aromatic carbocycles. The van der Waals surface area contributed by atoms with Gasteiger partial charge in [-0.15, -0.1) is 0 Å². The maximum absolute atomic E-state index is 12.9. The van der Waals surface area contributed by atoms with Gasteiger partial charge >= 0.3 is 0 Å². The number of carbonyl (C=O) groups excluding carboxylic acids is 1. The maximum Gasteiger partial charge on any atom is 0.273 e. The summed E-state index contributed by atoms with van der Waals surface area (Å²) in [5.74, 6) is -0.384. The van der Waals surface area contributed by atoms with E-state index in [1.165, 1.54) is 35.0 Å². The van der Waals surface area contributed by atoms with Crippen LogP contribution < -0.4 is 10.3 Å². The van der Waals surface area contributed by atoms with Gasteiger partial charge in [0.05, 0.1) is 17.9 Å². The van der Waals surface area contributed by atoms with E-state index < -0.39 is 11.3 Å². The highest BCUT2D eigenvalue weighted by Crippen LogP contribution is 2.26. The van der Waals surface area contributed by atoms with Gasteiger partial charge in [-0.1, -0.05) is 23.7 Å². The average Bonchev–Trinajstić information content (AvgIpc) is 2.70. The SMILES string of the molecule is CCOc1ccccc1-n1cc(C(=O)c2cc(Cl)ccc2O)cc(C#N)c1=O. The zero-order valence-corrected chi connectivity index (χ0v) is 15.6. The summed E-state index contributed by atoms with van der Waals surface area (Å²) in [4.78, 5) is 25.6. The topological polar surface area (TPSA) is 92.3 Å². The summed E-state index contributed by atoms with van der Waals surface area (Å²) in [5.41, 5.74) is -0.365. The van der Waals surface area contributed by atoms with Crippen LogP contribution in [0.4, 0.5) is 0 Å². The van der Waals surface area contributed by atoms with Gasteiger partial charge in [0.15, 0.2) is 5.78 Å². The number of phenolic OH excluding ortho intramolecular Hbond substituents is 1. The number of rotatable bonds is 5. The first-order valence-electron chi connectivity index (χ1n) is 8.38. The number of hydrogen-bond acceptors (Lipinski definition) is 5. The number of carbonyl (C=O) groups is 1. The van der Waals surface area contributed by atoms with Crippen LogP contribution in [-0.4, -0.2) is 22.1 Å². The molecule has 0 radical (unpaired) electrons. The Hall–Kier alpha value is -3.56. The molecular formula is C21H15ClN2O4. The lowest BCUT2D eigenvalue weighted by Crippen LogP contribution is -2.23. The van der Waals surface area contributed by atoms with Crippen molar-refractivity contribution < 1.29 is 14.6 Å². The van der Waals surface area contributed by atoms with Crippen molar-refractivity contribution in [3.63, 3.8) is 0 Å². The van der Waals surface area contributed by atoms with E-state index >= 15 is 0 Å². The molecule has 0 fully saturated rings. The van der Waals surface area contributed by atoms with Crippen molar-refractivity contribution in [2.75, 3.05) is 6.61 Å². The third-order valence-electron chi connectivity index (χ3n) is 4.03. The molecule has 0 spiro atoms. The van der Waals surface area contributed by atoms with Crippen LogP contribution in [0.15, 0.2) is 59.5 Å². The summed E-state index contributed by atoms with van der Waals surface area (Å²) in [6, 6.07) is 13.9. The van der Waals surface area contributed by atoms with Crippen LogP contribution in [0.5, 0.6) is 11.5 Å². The number of aromatic nitrogens is 1. The predicted octanol–water partition coefficient (Wildman–Crippen LogP) is 3.70. The third kappa shape index (κ3) is 3.61. The summed E-state index contributed by atoms with van der Waals surface area (Å²) in [7, 11) is 0. The van der Waals surface area contributed by atoms with E-state index in [9.17, 15) is 20.0 Å². The van der Waals surface area contributed by atoms with Crippen molar-refractivity contribution in [2.45, 2.75) is 6.92 Å². The van der Waals surface area contributed by atoms with Gasteiger partial charge in [0.1, 0.15) is 23.1 Å². The van der Waals surface area contributed by atoms with Gasteiger partial charge in [0, 0.05) is 16.8 Å². The fraction of sp³-hybridized carbons (Fsp3) is 0.0952. The fourth-order valence-corrected chi connectivity index (χ4v) is 2.92. The Bertz CT molecular complexity index is 1160. The second-order valence-corrected chi connectivity index (χ2v) is 6.26. The molecule has 0 saturated carbocycles. The zero-order valence-electron chi connectivity index (χ0n) is 14.8. The molecule has 3 rings (SSSR count). The van der Waals surface area contributed by atoms with E-state index in [4.69, 9.17) is 16.3 Å². The van der Waals surface area contributed by atoms with Crippen molar-refractivity contribution in [1.29, 1.82) is 5.26 Å². The Morgan fingerprint density at radius 3 is 2.71 bits per heavy atom. The second-order valence-electron chi connectivity index (χ2n) is 5.82. The van der Waals surface area contributed by atoms with E-state index in [2.05, 4.69) is 0 Å². The molecule has 1 heterocycles.